The molecule has 8 nitrogen and oxygen atoms in total. The minimum absolute atomic E-state index is 0.0806. The molecular formula is C29H33FN6O2. The molecule has 0 spiro atoms. The Hall–Kier alpha value is -3.75. The maximum atomic E-state index is 13.7. The molecular weight excluding hydrogens is 483 g/mol. The number of fused-ring (bicyclic) bond motifs is 1. The Morgan fingerprint density at radius 1 is 1.00 bits per heavy atom. The van der Waals surface area contributed by atoms with E-state index in [1.807, 2.05) is 16.5 Å². The summed E-state index contributed by atoms with van der Waals surface area (Å²) in [6.45, 7) is 4.64. The maximum Gasteiger partial charge on any atom is 0.289 e. The van der Waals surface area contributed by atoms with Crippen molar-refractivity contribution < 1.29 is 13.6 Å². The van der Waals surface area contributed by atoms with Gasteiger partial charge in [0.05, 0.1) is 23.0 Å². The number of halogens is 1. The lowest BCUT2D eigenvalue weighted by Gasteiger charge is -2.25. The van der Waals surface area contributed by atoms with Crippen LogP contribution in [-0.2, 0) is 6.42 Å². The molecule has 2 aliphatic rings. The van der Waals surface area contributed by atoms with Gasteiger partial charge in [-0.05, 0) is 55.7 Å². The van der Waals surface area contributed by atoms with Crippen LogP contribution in [0.15, 0.2) is 47.1 Å². The molecule has 1 aliphatic carbocycles. The number of carbonyl (C=O) groups excluding carboxylic acids is 1. The van der Waals surface area contributed by atoms with Crippen molar-refractivity contribution in [3.63, 3.8) is 0 Å². The molecule has 2 fully saturated rings. The fourth-order valence-electron chi connectivity index (χ4n) is 5.83. The fourth-order valence-corrected chi connectivity index (χ4v) is 5.83. The lowest BCUT2D eigenvalue weighted by atomic mass is 9.87. The van der Waals surface area contributed by atoms with Crippen LogP contribution >= 0.6 is 0 Å². The molecule has 0 bridgehead atoms. The van der Waals surface area contributed by atoms with Gasteiger partial charge in [-0.15, -0.1) is 0 Å². The van der Waals surface area contributed by atoms with E-state index in [2.05, 4.69) is 4.90 Å². The van der Waals surface area contributed by atoms with Gasteiger partial charge in [-0.2, -0.15) is 5.10 Å². The Morgan fingerprint density at radius 3 is 2.58 bits per heavy atom. The number of anilines is 1. The van der Waals surface area contributed by atoms with Crippen molar-refractivity contribution in [2.75, 3.05) is 31.1 Å². The number of amides is 1. The smallest absolute Gasteiger partial charge is 0.289 e. The van der Waals surface area contributed by atoms with Gasteiger partial charge in [0.1, 0.15) is 17.5 Å². The third-order valence-electron chi connectivity index (χ3n) is 7.81. The van der Waals surface area contributed by atoms with E-state index in [0.29, 0.717) is 31.3 Å². The van der Waals surface area contributed by atoms with Crippen molar-refractivity contribution >= 4 is 22.8 Å². The van der Waals surface area contributed by atoms with Gasteiger partial charge in [-0.3, -0.25) is 4.79 Å². The first-order valence-electron chi connectivity index (χ1n) is 13.7. The van der Waals surface area contributed by atoms with Crippen molar-refractivity contribution in [3.8, 4) is 5.69 Å². The summed E-state index contributed by atoms with van der Waals surface area (Å²) in [4.78, 5) is 27.2. The second-order valence-electron chi connectivity index (χ2n) is 10.5. The summed E-state index contributed by atoms with van der Waals surface area (Å²) in [7, 11) is 0. The average Bonchev–Trinajstić information content (AvgIpc) is 3.51. The molecule has 0 N–H and O–H groups in total. The molecule has 38 heavy (non-hydrogen) atoms. The summed E-state index contributed by atoms with van der Waals surface area (Å²) >= 11 is 0. The highest BCUT2D eigenvalue weighted by Gasteiger charge is 2.27. The van der Waals surface area contributed by atoms with E-state index in [-0.39, 0.29) is 11.7 Å². The van der Waals surface area contributed by atoms with Gasteiger partial charge in [0, 0.05) is 32.6 Å². The van der Waals surface area contributed by atoms with Crippen LogP contribution < -0.4 is 4.90 Å². The zero-order valence-electron chi connectivity index (χ0n) is 21.8. The zero-order chi connectivity index (χ0) is 26.1. The lowest BCUT2D eigenvalue weighted by molar-refractivity contribution is 0.0735. The third kappa shape index (κ3) is 4.89. The van der Waals surface area contributed by atoms with E-state index in [9.17, 15) is 9.18 Å². The van der Waals surface area contributed by atoms with Gasteiger partial charge >= 0.3 is 0 Å². The molecule has 3 aromatic heterocycles. The Labute approximate surface area is 221 Å². The van der Waals surface area contributed by atoms with Gasteiger partial charge in [0.15, 0.2) is 11.4 Å². The maximum absolute atomic E-state index is 13.7. The molecule has 1 aliphatic heterocycles. The number of carbonyl (C=O) groups is 1. The Morgan fingerprint density at radius 2 is 1.82 bits per heavy atom. The van der Waals surface area contributed by atoms with E-state index in [1.54, 1.807) is 24.3 Å². The monoisotopic (exact) mass is 516 g/mol. The molecule has 1 saturated heterocycles. The largest absolute Gasteiger partial charge is 0.459 e. The minimum Gasteiger partial charge on any atom is -0.459 e. The first-order valence-corrected chi connectivity index (χ1v) is 13.7. The lowest BCUT2D eigenvalue weighted by Crippen LogP contribution is -2.35. The second-order valence-corrected chi connectivity index (χ2v) is 10.5. The molecule has 4 aromatic rings. The minimum atomic E-state index is -0.284. The summed E-state index contributed by atoms with van der Waals surface area (Å²) in [5, 5.41) is 5.73. The van der Waals surface area contributed by atoms with Crippen molar-refractivity contribution in [2.45, 2.75) is 51.9 Å². The van der Waals surface area contributed by atoms with Gasteiger partial charge in [-0.25, -0.2) is 19.0 Å². The number of hydrogen-bond donors (Lipinski definition) is 0. The Kier molecular flexibility index (Phi) is 6.82. The van der Waals surface area contributed by atoms with Crippen molar-refractivity contribution in [1.29, 1.82) is 0 Å². The SMILES string of the molecule is Cc1nn(-c2ccc(F)cc2)c2nc(CC3CCCCC3)nc(N3CCCN(C(=O)c4ccco4)CC3)c12. The number of furan rings is 1. The van der Waals surface area contributed by atoms with Gasteiger partial charge in [-0.1, -0.05) is 32.1 Å². The molecule has 0 unspecified atom stereocenters. The van der Waals surface area contributed by atoms with Gasteiger partial charge in [0.2, 0.25) is 0 Å². The van der Waals surface area contributed by atoms with Crippen LogP contribution in [0.5, 0.6) is 0 Å². The van der Waals surface area contributed by atoms with E-state index in [4.69, 9.17) is 19.5 Å². The quantitative estimate of drug-likeness (QED) is 0.357. The predicted molar refractivity (Wildman–Crippen MR) is 143 cm³/mol. The highest BCUT2D eigenvalue weighted by molar-refractivity contribution is 5.92. The normalized spacial score (nSPS) is 17.2. The van der Waals surface area contributed by atoms with Gasteiger partial charge in [0.25, 0.3) is 5.91 Å². The molecule has 1 saturated carbocycles. The zero-order valence-corrected chi connectivity index (χ0v) is 21.8. The van der Waals surface area contributed by atoms with E-state index in [1.165, 1.54) is 50.5 Å². The molecule has 1 aromatic carbocycles. The Bertz CT molecular complexity index is 1410. The van der Waals surface area contributed by atoms with Crippen LogP contribution in [0, 0.1) is 18.7 Å². The summed E-state index contributed by atoms with van der Waals surface area (Å²) < 4.78 is 20.8. The number of rotatable bonds is 5. The van der Waals surface area contributed by atoms with E-state index < -0.39 is 0 Å². The van der Waals surface area contributed by atoms with Crippen molar-refractivity contribution in [2.24, 2.45) is 5.92 Å². The molecule has 198 valence electrons. The van der Waals surface area contributed by atoms with Crippen LogP contribution in [0.1, 0.15) is 60.6 Å². The van der Waals surface area contributed by atoms with Crippen LogP contribution in [0.2, 0.25) is 0 Å². The average molecular weight is 517 g/mol. The first-order chi connectivity index (χ1) is 18.6. The first kappa shape index (κ1) is 24.6. The standard InChI is InChI=1S/C29H33FN6O2/c1-20-26-27(34-14-6-15-35(17-16-34)29(37)24-9-5-18-38-24)31-25(19-21-7-3-2-4-8-21)32-28(26)36(33-20)23-12-10-22(30)11-13-23/h5,9-13,18,21H,2-4,6-8,14-17,19H2,1H3. The topological polar surface area (TPSA) is 80.3 Å². The summed E-state index contributed by atoms with van der Waals surface area (Å²) in [6.07, 6.45) is 9.44. The Balaban J connectivity index is 1.37. The molecule has 9 heteroatoms. The van der Waals surface area contributed by atoms with Gasteiger partial charge < -0.3 is 14.2 Å². The van der Waals surface area contributed by atoms with Crippen molar-refractivity contribution in [1.82, 2.24) is 24.6 Å². The third-order valence-corrected chi connectivity index (χ3v) is 7.81. The van der Waals surface area contributed by atoms with E-state index in [0.717, 1.165) is 53.4 Å². The fraction of sp³-hybridized carbons (Fsp3) is 0.448. The van der Waals surface area contributed by atoms with Crippen LogP contribution in [0.25, 0.3) is 16.7 Å². The molecule has 6 rings (SSSR count). The van der Waals surface area contributed by atoms with E-state index >= 15 is 0 Å². The predicted octanol–water partition coefficient (Wildman–Crippen LogP) is 5.33. The van der Waals surface area contributed by atoms with Crippen molar-refractivity contribution in [3.05, 3.63) is 65.8 Å². The molecule has 1 amide bonds. The number of hydrogen-bond acceptors (Lipinski definition) is 6. The van der Waals surface area contributed by atoms with Crippen LogP contribution in [0.3, 0.4) is 0 Å². The molecule has 4 heterocycles. The molecule has 0 atom stereocenters. The number of nitrogens with zero attached hydrogens (tertiary/aromatic N) is 6. The number of aromatic nitrogens is 4. The van der Waals surface area contributed by atoms with Crippen LogP contribution in [0.4, 0.5) is 10.2 Å². The number of aryl methyl sites for hydroxylation is 1. The summed E-state index contributed by atoms with van der Waals surface area (Å²) in [5.41, 5.74) is 2.35. The molecule has 0 radical (unpaired) electrons. The summed E-state index contributed by atoms with van der Waals surface area (Å²) in [5.74, 6) is 2.29. The second kappa shape index (κ2) is 10.6. The highest BCUT2D eigenvalue weighted by Crippen LogP contribution is 2.32. The van der Waals surface area contributed by atoms with Crippen LogP contribution in [-0.4, -0.2) is 56.7 Å². The highest BCUT2D eigenvalue weighted by atomic mass is 19.1. The summed E-state index contributed by atoms with van der Waals surface area (Å²) in [6, 6.07) is 9.81. The number of benzene rings is 1.